The maximum Gasteiger partial charge on any atom is 0.169 e. The summed E-state index contributed by atoms with van der Waals surface area (Å²) >= 11 is 3.26. The van der Waals surface area contributed by atoms with Crippen molar-refractivity contribution in [2.24, 2.45) is 5.92 Å². The molecule has 0 aliphatic carbocycles. The fourth-order valence-corrected chi connectivity index (χ4v) is 1.57. The summed E-state index contributed by atoms with van der Waals surface area (Å²) in [5.74, 6) is 1.47. The maximum absolute atomic E-state index is 5.35. The van der Waals surface area contributed by atoms with Crippen LogP contribution in [-0.2, 0) is 11.3 Å². The average molecular weight is 262 g/mol. The molecule has 0 aliphatic rings. The molecule has 0 bridgehead atoms. The zero-order chi connectivity index (χ0) is 10.4. The summed E-state index contributed by atoms with van der Waals surface area (Å²) in [6, 6.07) is 3.85. The van der Waals surface area contributed by atoms with Gasteiger partial charge in [0.15, 0.2) is 4.67 Å². The van der Waals surface area contributed by atoms with Crippen molar-refractivity contribution in [1.82, 2.24) is 5.32 Å². The Balaban J connectivity index is 2.15. The summed E-state index contributed by atoms with van der Waals surface area (Å²) in [4.78, 5) is 0. The Bertz CT molecular complexity index is 262. The highest BCUT2D eigenvalue weighted by Crippen LogP contribution is 2.13. The molecule has 1 heterocycles. The molecule has 1 N–H and O–H groups in total. The lowest BCUT2D eigenvalue weighted by Crippen LogP contribution is -2.23. The van der Waals surface area contributed by atoms with Gasteiger partial charge in [-0.05, 0) is 34.0 Å². The quantitative estimate of drug-likeness (QED) is 0.854. The van der Waals surface area contributed by atoms with Crippen molar-refractivity contribution in [2.75, 3.05) is 20.3 Å². The maximum atomic E-state index is 5.35. The van der Waals surface area contributed by atoms with Crippen molar-refractivity contribution in [3.8, 4) is 0 Å². The monoisotopic (exact) mass is 261 g/mol. The standard InChI is InChI=1S/C10H16BrNO2/c1-8(7-13-2)5-12-6-9-3-4-10(11)14-9/h3-4,8,12H,5-7H2,1-2H3. The highest BCUT2D eigenvalue weighted by Gasteiger charge is 2.02. The van der Waals surface area contributed by atoms with Crippen LogP contribution in [0, 0.1) is 5.92 Å². The predicted molar refractivity (Wildman–Crippen MR) is 59.2 cm³/mol. The lowest BCUT2D eigenvalue weighted by molar-refractivity contribution is 0.158. The van der Waals surface area contributed by atoms with E-state index >= 15 is 0 Å². The van der Waals surface area contributed by atoms with Crippen molar-refractivity contribution >= 4 is 15.9 Å². The average Bonchev–Trinajstić information content (AvgIpc) is 2.52. The molecule has 4 heteroatoms. The molecule has 14 heavy (non-hydrogen) atoms. The Kier molecular flexibility index (Phi) is 5.22. The van der Waals surface area contributed by atoms with Crippen LogP contribution in [0.1, 0.15) is 12.7 Å². The van der Waals surface area contributed by atoms with Gasteiger partial charge >= 0.3 is 0 Å². The molecule has 0 fully saturated rings. The van der Waals surface area contributed by atoms with Gasteiger partial charge in [0.2, 0.25) is 0 Å². The number of hydrogen-bond acceptors (Lipinski definition) is 3. The van der Waals surface area contributed by atoms with E-state index < -0.39 is 0 Å². The summed E-state index contributed by atoms with van der Waals surface area (Å²) in [5, 5.41) is 3.30. The second-order valence-corrected chi connectivity index (χ2v) is 4.18. The van der Waals surface area contributed by atoms with E-state index in [0.29, 0.717) is 5.92 Å². The number of methoxy groups -OCH3 is 1. The normalized spacial score (nSPS) is 13.1. The highest BCUT2D eigenvalue weighted by atomic mass is 79.9. The molecule has 1 unspecified atom stereocenters. The van der Waals surface area contributed by atoms with Crippen molar-refractivity contribution in [1.29, 1.82) is 0 Å². The lowest BCUT2D eigenvalue weighted by atomic mass is 10.2. The summed E-state index contributed by atoms with van der Waals surface area (Å²) in [5.41, 5.74) is 0. The lowest BCUT2D eigenvalue weighted by Gasteiger charge is -2.10. The third kappa shape index (κ3) is 4.26. The van der Waals surface area contributed by atoms with Gasteiger partial charge in [-0.15, -0.1) is 0 Å². The number of furan rings is 1. The van der Waals surface area contributed by atoms with Gasteiger partial charge in [0.05, 0.1) is 6.54 Å². The Hall–Kier alpha value is -0.320. The minimum atomic E-state index is 0.526. The second kappa shape index (κ2) is 6.22. The van der Waals surface area contributed by atoms with Crippen LogP contribution in [0.25, 0.3) is 0 Å². The van der Waals surface area contributed by atoms with Crippen LogP contribution < -0.4 is 5.32 Å². The molecule has 1 aromatic rings. The Labute approximate surface area is 92.9 Å². The first-order valence-corrected chi connectivity index (χ1v) is 5.45. The van der Waals surface area contributed by atoms with Crippen LogP contribution in [-0.4, -0.2) is 20.3 Å². The van der Waals surface area contributed by atoms with Gasteiger partial charge in [0.1, 0.15) is 5.76 Å². The van der Waals surface area contributed by atoms with E-state index in [-0.39, 0.29) is 0 Å². The number of halogens is 1. The third-order valence-electron chi connectivity index (χ3n) is 1.87. The zero-order valence-electron chi connectivity index (χ0n) is 8.55. The van der Waals surface area contributed by atoms with Crippen LogP contribution in [0.3, 0.4) is 0 Å². The van der Waals surface area contributed by atoms with E-state index in [1.807, 2.05) is 12.1 Å². The number of ether oxygens (including phenoxy) is 1. The Morgan fingerprint density at radius 2 is 2.36 bits per heavy atom. The van der Waals surface area contributed by atoms with Crippen LogP contribution in [0.5, 0.6) is 0 Å². The largest absolute Gasteiger partial charge is 0.453 e. The molecule has 0 aliphatic heterocycles. The molecule has 0 saturated carbocycles. The molecular formula is C10H16BrNO2. The minimum absolute atomic E-state index is 0.526. The van der Waals surface area contributed by atoms with Crippen LogP contribution >= 0.6 is 15.9 Å². The topological polar surface area (TPSA) is 34.4 Å². The van der Waals surface area contributed by atoms with Crippen LogP contribution in [0.2, 0.25) is 0 Å². The molecule has 3 nitrogen and oxygen atoms in total. The second-order valence-electron chi connectivity index (χ2n) is 3.40. The molecule has 1 rings (SSSR count). The fraction of sp³-hybridized carbons (Fsp3) is 0.600. The van der Waals surface area contributed by atoms with Crippen molar-refractivity contribution < 1.29 is 9.15 Å². The summed E-state index contributed by atoms with van der Waals surface area (Å²) in [7, 11) is 1.72. The molecule has 1 aromatic heterocycles. The Morgan fingerprint density at radius 1 is 1.57 bits per heavy atom. The van der Waals surface area contributed by atoms with E-state index in [1.165, 1.54) is 0 Å². The fourth-order valence-electron chi connectivity index (χ4n) is 1.23. The van der Waals surface area contributed by atoms with Gasteiger partial charge in [-0.25, -0.2) is 0 Å². The first-order valence-electron chi connectivity index (χ1n) is 4.66. The summed E-state index contributed by atoms with van der Waals surface area (Å²) in [6.07, 6.45) is 0. The molecule has 0 amide bonds. The molecule has 0 spiro atoms. The predicted octanol–water partition coefficient (Wildman–Crippen LogP) is 2.41. The first-order chi connectivity index (χ1) is 6.72. The van der Waals surface area contributed by atoms with Crippen molar-refractivity contribution in [3.63, 3.8) is 0 Å². The number of hydrogen-bond donors (Lipinski definition) is 1. The van der Waals surface area contributed by atoms with E-state index in [4.69, 9.17) is 9.15 Å². The molecule has 80 valence electrons. The first kappa shape index (κ1) is 11.8. The van der Waals surface area contributed by atoms with Gasteiger partial charge in [-0.2, -0.15) is 0 Å². The van der Waals surface area contributed by atoms with Gasteiger partial charge < -0.3 is 14.5 Å². The van der Waals surface area contributed by atoms with Crippen LogP contribution in [0.4, 0.5) is 0 Å². The minimum Gasteiger partial charge on any atom is -0.453 e. The van der Waals surface area contributed by atoms with E-state index in [2.05, 4.69) is 28.2 Å². The van der Waals surface area contributed by atoms with Crippen molar-refractivity contribution in [3.05, 3.63) is 22.6 Å². The van der Waals surface area contributed by atoms with E-state index in [1.54, 1.807) is 7.11 Å². The van der Waals surface area contributed by atoms with Gasteiger partial charge in [0, 0.05) is 20.3 Å². The van der Waals surface area contributed by atoms with E-state index in [0.717, 1.165) is 30.1 Å². The van der Waals surface area contributed by atoms with Gasteiger partial charge in [-0.3, -0.25) is 0 Å². The SMILES string of the molecule is COCC(C)CNCc1ccc(Br)o1. The van der Waals surface area contributed by atoms with Crippen LogP contribution in [0.15, 0.2) is 21.2 Å². The smallest absolute Gasteiger partial charge is 0.169 e. The molecule has 0 aromatic carbocycles. The molecular weight excluding hydrogens is 246 g/mol. The van der Waals surface area contributed by atoms with Gasteiger partial charge in [0.25, 0.3) is 0 Å². The molecule has 0 saturated heterocycles. The van der Waals surface area contributed by atoms with Crippen molar-refractivity contribution in [2.45, 2.75) is 13.5 Å². The highest BCUT2D eigenvalue weighted by molar-refractivity contribution is 9.10. The molecule has 1 atom stereocenters. The third-order valence-corrected chi connectivity index (χ3v) is 2.30. The summed E-state index contributed by atoms with van der Waals surface area (Å²) < 4.78 is 11.2. The van der Waals surface area contributed by atoms with E-state index in [9.17, 15) is 0 Å². The Morgan fingerprint density at radius 3 is 2.93 bits per heavy atom. The zero-order valence-corrected chi connectivity index (χ0v) is 10.1. The number of nitrogens with one attached hydrogen (secondary N) is 1. The molecule has 0 radical (unpaired) electrons. The summed E-state index contributed by atoms with van der Waals surface area (Å²) in [6.45, 7) is 4.63. The number of rotatable bonds is 6. The van der Waals surface area contributed by atoms with Gasteiger partial charge in [-0.1, -0.05) is 6.92 Å².